The highest BCUT2D eigenvalue weighted by Crippen LogP contribution is 2.16. The summed E-state index contributed by atoms with van der Waals surface area (Å²) >= 11 is 0. The van der Waals surface area contributed by atoms with Gasteiger partial charge in [0.1, 0.15) is 17.9 Å². The van der Waals surface area contributed by atoms with Crippen LogP contribution in [0, 0.1) is 0 Å². The van der Waals surface area contributed by atoms with Gasteiger partial charge in [0.2, 0.25) is 0 Å². The molecule has 0 unspecified atom stereocenters. The van der Waals surface area contributed by atoms with Gasteiger partial charge < -0.3 is 19.7 Å². The van der Waals surface area contributed by atoms with Gasteiger partial charge in [0, 0.05) is 12.2 Å². The lowest BCUT2D eigenvalue weighted by Crippen LogP contribution is -2.18. The van der Waals surface area contributed by atoms with Crippen molar-refractivity contribution in [2.75, 3.05) is 0 Å². The van der Waals surface area contributed by atoms with Crippen molar-refractivity contribution < 1.29 is 38.9 Å². The predicted molar refractivity (Wildman–Crippen MR) is 102 cm³/mol. The Labute approximate surface area is 165 Å². The van der Waals surface area contributed by atoms with Crippen LogP contribution < -0.4 is 9.47 Å². The Morgan fingerprint density at radius 2 is 1.00 bits per heavy atom. The standard InChI is InChI=1S/C21H16O8/c22-18(23)11-5-14-1-7-16(8-2-14)28-20(26)13-21(27)29-17-9-3-15(4-10-17)6-12-19(24)25/h1-12H,13H2,(H,22,23)(H,24,25)/b11-5+,12-6+. The topological polar surface area (TPSA) is 127 Å². The first-order valence-corrected chi connectivity index (χ1v) is 8.25. The fourth-order valence-corrected chi connectivity index (χ4v) is 2.08. The fourth-order valence-electron chi connectivity index (χ4n) is 2.08. The molecule has 0 amide bonds. The van der Waals surface area contributed by atoms with Crippen LogP contribution in [0.1, 0.15) is 17.5 Å². The number of benzene rings is 2. The molecule has 29 heavy (non-hydrogen) atoms. The molecule has 0 saturated heterocycles. The van der Waals surface area contributed by atoms with Crippen molar-refractivity contribution >= 4 is 36.0 Å². The van der Waals surface area contributed by atoms with Crippen LogP contribution in [-0.2, 0) is 19.2 Å². The first-order chi connectivity index (χ1) is 13.8. The Morgan fingerprint density at radius 3 is 1.31 bits per heavy atom. The first-order valence-electron chi connectivity index (χ1n) is 8.25. The van der Waals surface area contributed by atoms with Crippen LogP contribution in [0.4, 0.5) is 0 Å². The van der Waals surface area contributed by atoms with E-state index in [1.807, 2.05) is 0 Å². The lowest BCUT2D eigenvalue weighted by molar-refractivity contribution is -0.144. The smallest absolute Gasteiger partial charge is 0.328 e. The molecule has 2 aromatic carbocycles. The third kappa shape index (κ3) is 7.92. The Balaban J connectivity index is 1.85. The summed E-state index contributed by atoms with van der Waals surface area (Å²) in [6.45, 7) is 0. The molecule has 0 aliphatic carbocycles. The van der Waals surface area contributed by atoms with Gasteiger partial charge in [0.05, 0.1) is 0 Å². The summed E-state index contributed by atoms with van der Waals surface area (Å²) in [5.41, 5.74) is 1.21. The molecular formula is C21H16O8. The second-order valence-electron chi connectivity index (χ2n) is 5.61. The number of aliphatic carboxylic acids is 2. The molecule has 0 aromatic heterocycles. The highest BCUT2D eigenvalue weighted by molar-refractivity contribution is 5.93. The zero-order valence-corrected chi connectivity index (χ0v) is 15.0. The zero-order chi connectivity index (χ0) is 21.2. The largest absolute Gasteiger partial charge is 0.478 e. The highest BCUT2D eigenvalue weighted by Gasteiger charge is 2.14. The number of hydrogen-bond acceptors (Lipinski definition) is 6. The Kier molecular flexibility index (Phi) is 7.43. The number of carbonyl (C=O) groups excluding carboxylic acids is 2. The fraction of sp³-hybridized carbons (Fsp3) is 0.0476. The van der Waals surface area contributed by atoms with Crippen molar-refractivity contribution in [3.63, 3.8) is 0 Å². The molecule has 8 heteroatoms. The van der Waals surface area contributed by atoms with Crippen LogP contribution in [0.3, 0.4) is 0 Å². The van der Waals surface area contributed by atoms with Crippen LogP contribution in [0.2, 0.25) is 0 Å². The summed E-state index contributed by atoms with van der Waals surface area (Å²) in [4.78, 5) is 44.6. The quantitative estimate of drug-likeness (QED) is 0.302. The van der Waals surface area contributed by atoms with Gasteiger partial charge in [-0.25, -0.2) is 9.59 Å². The van der Waals surface area contributed by atoms with E-state index in [9.17, 15) is 19.2 Å². The molecule has 0 aliphatic rings. The SMILES string of the molecule is O=C(O)/C=C/c1ccc(OC(=O)CC(=O)Oc2ccc(/C=C/C(=O)O)cc2)cc1. The van der Waals surface area contributed by atoms with Crippen LogP contribution in [-0.4, -0.2) is 34.1 Å². The average molecular weight is 396 g/mol. The maximum atomic E-state index is 11.8. The normalized spacial score (nSPS) is 10.8. The summed E-state index contributed by atoms with van der Waals surface area (Å²) in [6, 6.07) is 12.1. The molecule has 0 saturated carbocycles. The second-order valence-corrected chi connectivity index (χ2v) is 5.61. The number of ether oxygens (including phenoxy) is 2. The van der Waals surface area contributed by atoms with Crippen LogP contribution >= 0.6 is 0 Å². The Morgan fingerprint density at radius 1 is 0.655 bits per heavy atom. The van der Waals surface area contributed by atoms with E-state index in [2.05, 4.69) is 0 Å². The molecular weight excluding hydrogens is 380 g/mol. The van der Waals surface area contributed by atoms with Crippen molar-refractivity contribution in [1.82, 2.24) is 0 Å². The summed E-state index contributed by atoms with van der Waals surface area (Å²) in [5.74, 6) is -3.39. The van der Waals surface area contributed by atoms with Gasteiger partial charge in [-0.15, -0.1) is 0 Å². The molecule has 2 N–H and O–H groups in total. The summed E-state index contributed by atoms with van der Waals surface area (Å²) < 4.78 is 10.1. The van der Waals surface area contributed by atoms with E-state index >= 15 is 0 Å². The molecule has 148 valence electrons. The van der Waals surface area contributed by atoms with Gasteiger partial charge in [0.25, 0.3) is 0 Å². The maximum Gasteiger partial charge on any atom is 0.328 e. The van der Waals surface area contributed by atoms with Crippen LogP contribution in [0.5, 0.6) is 11.5 Å². The molecule has 0 heterocycles. The lowest BCUT2D eigenvalue weighted by Gasteiger charge is -2.06. The van der Waals surface area contributed by atoms with Crippen molar-refractivity contribution in [1.29, 1.82) is 0 Å². The Bertz CT molecular complexity index is 874. The van der Waals surface area contributed by atoms with E-state index in [4.69, 9.17) is 19.7 Å². The minimum atomic E-state index is -1.08. The van der Waals surface area contributed by atoms with E-state index < -0.39 is 30.3 Å². The van der Waals surface area contributed by atoms with E-state index in [1.54, 1.807) is 24.3 Å². The van der Waals surface area contributed by atoms with E-state index in [0.717, 1.165) is 12.2 Å². The summed E-state index contributed by atoms with van der Waals surface area (Å²) in [7, 11) is 0. The molecule has 2 aromatic rings. The average Bonchev–Trinajstić information content (AvgIpc) is 2.66. The number of esters is 2. The van der Waals surface area contributed by atoms with E-state index in [1.165, 1.54) is 36.4 Å². The van der Waals surface area contributed by atoms with Gasteiger partial charge >= 0.3 is 23.9 Å². The lowest BCUT2D eigenvalue weighted by atomic mass is 10.2. The van der Waals surface area contributed by atoms with Crippen molar-refractivity contribution in [2.24, 2.45) is 0 Å². The van der Waals surface area contributed by atoms with Gasteiger partial charge in [-0.1, -0.05) is 24.3 Å². The molecule has 0 aliphatic heterocycles. The van der Waals surface area contributed by atoms with Gasteiger partial charge in [-0.3, -0.25) is 9.59 Å². The monoisotopic (exact) mass is 396 g/mol. The molecule has 0 fully saturated rings. The molecule has 0 radical (unpaired) electrons. The number of carboxylic acid groups (broad SMARTS) is 2. The summed E-state index contributed by atoms with van der Waals surface area (Å²) in [6.07, 6.45) is 4.11. The molecule has 0 bridgehead atoms. The van der Waals surface area contributed by atoms with E-state index in [-0.39, 0.29) is 11.5 Å². The second kappa shape index (κ2) is 10.2. The van der Waals surface area contributed by atoms with Gasteiger partial charge in [-0.05, 0) is 47.5 Å². The van der Waals surface area contributed by atoms with Crippen molar-refractivity contribution in [3.8, 4) is 11.5 Å². The van der Waals surface area contributed by atoms with Gasteiger partial charge in [-0.2, -0.15) is 0 Å². The first kappa shape index (κ1) is 21.1. The van der Waals surface area contributed by atoms with Gasteiger partial charge in [0.15, 0.2) is 0 Å². The minimum Gasteiger partial charge on any atom is -0.478 e. The third-order valence-corrected chi connectivity index (χ3v) is 3.35. The van der Waals surface area contributed by atoms with Crippen molar-refractivity contribution in [2.45, 2.75) is 6.42 Å². The number of rotatable bonds is 8. The number of hydrogen-bond donors (Lipinski definition) is 2. The van der Waals surface area contributed by atoms with Crippen LogP contribution in [0.15, 0.2) is 60.7 Å². The minimum absolute atomic E-state index is 0.199. The molecule has 2 rings (SSSR count). The third-order valence-electron chi connectivity index (χ3n) is 3.35. The number of carboxylic acids is 2. The molecule has 8 nitrogen and oxygen atoms in total. The maximum absolute atomic E-state index is 11.8. The zero-order valence-electron chi connectivity index (χ0n) is 15.0. The Hall–Kier alpha value is -4.20. The van der Waals surface area contributed by atoms with Crippen molar-refractivity contribution in [3.05, 3.63) is 71.8 Å². The highest BCUT2D eigenvalue weighted by atomic mass is 16.6. The number of carbonyl (C=O) groups is 4. The molecule has 0 spiro atoms. The van der Waals surface area contributed by atoms with Crippen LogP contribution in [0.25, 0.3) is 12.2 Å². The molecule has 0 atom stereocenters. The summed E-state index contributed by atoms with van der Waals surface area (Å²) in [5, 5.41) is 17.1. The van der Waals surface area contributed by atoms with E-state index in [0.29, 0.717) is 11.1 Å². The predicted octanol–water partition coefficient (Wildman–Crippen LogP) is 2.78.